The number of benzene rings is 1. The molecule has 1 saturated carbocycles. The van der Waals surface area contributed by atoms with Gasteiger partial charge in [-0.3, -0.25) is 0 Å². The molecule has 0 heterocycles. The zero-order valence-corrected chi connectivity index (χ0v) is 11.4. The number of halogens is 1. The van der Waals surface area contributed by atoms with Gasteiger partial charge in [0.1, 0.15) is 11.9 Å². The Morgan fingerprint density at radius 3 is 2.63 bits per heavy atom. The Kier molecular flexibility index (Phi) is 4.74. The van der Waals surface area contributed by atoms with Crippen molar-refractivity contribution < 1.29 is 4.39 Å². The van der Waals surface area contributed by atoms with Crippen molar-refractivity contribution >= 4 is 0 Å². The molecule has 0 saturated heterocycles. The molecule has 1 nitrogen and oxygen atoms in total. The second-order valence-corrected chi connectivity index (χ2v) is 5.37. The van der Waals surface area contributed by atoms with Gasteiger partial charge in [-0.2, -0.15) is 5.26 Å². The molecule has 0 unspecified atom stereocenters. The number of nitrogens with zero attached hydrogens (tertiary/aromatic N) is 1. The first-order chi connectivity index (χ1) is 9.24. The molecule has 1 fully saturated rings. The van der Waals surface area contributed by atoms with Gasteiger partial charge in [-0.1, -0.05) is 18.2 Å². The van der Waals surface area contributed by atoms with E-state index in [0.29, 0.717) is 5.92 Å². The maximum Gasteiger partial charge on any atom is 0.141 e. The highest BCUT2D eigenvalue weighted by Gasteiger charge is 2.22. The fourth-order valence-electron chi connectivity index (χ4n) is 2.94. The quantitative estimate of drug-likeness (QED) is 0.704. The van der Waals surface area contributed by atoms with E-state index in [-0.39, 0.29) is 11.4 Å². The smallest absolute Gasteiger partial charge is 0.141 e. The molecular weight excluding hydrogens is 237 g/mol. The van der Waals surface area contributed by atoms with E-state index in [1.54, 1.807) is 12.1 Å². The van der Waals surface area contributed by atoms with E-state index >= 15 is 0 Å². The van der Waals surface area contributed by atoms with E-state index < -0.39 is 0 Å². The number of allylic oxidation sites excluding steroid dienone is 2. The molecule has 100 valence electrons. The van der Waals surface area contributed by atoms with Crippen LogP contribution in [0.4, 0.5) is 4.39 Å². The van der Waals surface area contributed by atoms with Gasteiger partial charge in [0.2, 0.25) is 0 Å². The lowest BCUT2D eigenvalue weighted by Gasteiger charge is -2.28. The summed E-state index contributed by atoms with van der Waals surface area (Å²) in [7, 11) is 0. The van der Waals surface area contributed by atoms with Gasteiger partial charge in [-0.05, 0) is 68.6 Å². The van der Waals surface area contributed by atoms with Crippen LogP contribution in [0.15, 0.2) is 30.4 Å². The van der Waals surface area contributed by atoms with E-state index in [1.807, 2.05) is 12.1 Å². The van der Waals surface area contributed by atoms with Crippen LogP contribution in [0.25, 0.3) is 0 Å². The lowest BCUT2D eigenvalue weighted by atomic mass is 9.77. The molecule has 2 rings (SSSR count). The van der Waals surface area contributed by atoms with Gasteiger partial charge < -0.3 is 0 Å². The molecule has 1 aliphatic carbocycles. The molecule has 0 aliphatic heterocycles. The highest BCUT2D eigenvalue weighted by Crippen LogP contribution is 2.37. The first-order valence-corrected chi connectivity index (χ1v) is 7.05. The van der Waals surface area contributed by atoms with Crippen LogP contribution in [0.5, 0.6) is 0 Å². The Morgan fingerprint density at radius 2 is 2.05 bits per heavy atom. The Labute approximate surface area is 114 Å². The summed E-state index contributed by atoms with van der Waals surface area (Å²) in [6.07, 6.45) is 10.2. The van der Waals surface area contributed by atoms with Crippen LogP contribution in [0, 0.1) is 23.1 Å². The maximum atomic E-state index is 13.6. The minimum absolute atomic E-state index is 0.144. The summed E-state index contributed by atoms with van der Waals surface area (Å²) in [5, 5.41) is 8.74. The lowest BCUT2D eigenvalue weighted by Crippen LogP contribution is -2.13. The third kappa shape index (κ3) is 3.44. The van der Waals surface area contributed by atoms with Gasteiger partial charge >= 0.3 is 0 Å². The zero-order valence-electron chi connectivity index (χ0n) is 11.4. The molecule has 0 bridgehead atoms. The molecule has 0 amide bonds. The largest absolute Gasteiger partial charge is 0.206 e. The molecule has 0 radical (unpaired) electrons. The van der Waals surface area contributed by atoms with Gasteiger partial charge in [-0.15, -0.1) is 0 Å². The van der Waals surface area contributed by atoms with Crippen molar-refractivity contribution in [1.82, 2.24) is 0 Å². The van der Waals surface area contributed by atoms with Crippen LogP contribution in [0.1, 0.15) is 56.1 Å². The SMILES string of the molecule is CC=CCC1CCC(c2ccc(C#N)c(F)c2)CC1. The number of hydrogen-bond acceptors (Lipinski definition) is 1. The Bertz CT molecular complexity index is 490. The molecule has 0 aromatic heterocycles. The fourth-order valence-corrected chi connectivity index (χ4v) is 2.94. The molecule has 0 atom stereocenters. The normalized spacial score (nSPS) is 23.4. The van der Waals surface area contributed by atoms with Gasteiger partial charge in [0.25, 0.3) is 0 Å². The Morgan fingerprint density at radius 1 is 1.32 bits per heavy atom. The molecule has 1 aromatic rings. The first-order valence-electron chi connectivity index (χ1n) is 7.05. The minimum atomic E-state index is -0.379. The summed E-state index contributed by atoms with van der Waals surface area (Å²) in [6.45, 7) is 2.06. The van der Waals surface area contributed by atoms with E-state index in [9.17, 15) is 4.39 Å². The van der Waals surface area contributed by atoms with E-state index in [1.165, 1.54) is 19.3 Å². The summed E-state index contributed by atoms with van der Waals surface area (Å²) in [5.41, 5.74) is 1.20. The molecule has 0 N–H and O–H groups in total. The predicted octanol–water partition coefficient (Wildman–Crippen LogP) is 4.94. The van der Waals surface area contributed by atoms with E-state index in [0.717, 1.165) is 24.3 Å². The van der Waals surface area contributed by atoms with Crippen molar-refractivity contribution in [2.75, 3.05) is 0 Å². The second-order valence-electron chi connectivity index (χ2n) is 5.37. The predicted molar refractivity (Wildman–Crippen MR) is 75.2 cm³/mol. The Hall–Kier alpha value is -1.62. The summed E-state index contributed by atoms with van der Waals surface area (Å²) < 4.78 is 13.6. The van der Waals surface area contributed by atoms with Crippen LogP contribution in [-0.2, 0) is 0 Å². The van der Waals surface area contributed by atoms with Crippen molar-refractivity contribution in [1.29, 1.82) is 5.26 Å². The molecule has 2 heteroatoms. The van der Waals surface area contributed by atoms with E-state index in [2.05, 4.69) is 19.1 Å². The number of nitriles is 1. The number of rotatable bonds is 3. The fraction of sp³-hybridized carbons (Fsp3) is 0.471. The summed E-state index contributed by atoms with van der Waals surface area (Å²) in [4.78, 5) is 0. The monoisotopic (exact) mass is 257 g/mol. The molecular formula is C17H20FN. The number of hydrogen-bond donors (Lipinski definition) is 0. The van der Waals surface area contributed by atoms with Crippen molar-refractivity contribution in [3.05, 3.63) is 47.3 Å². The summed E-state index contributed by atoms with van der Waals surface area (Å²) in [5.74, 6) is 0.871. The Balaban J connectivity index is 1.98. The van der Waals surface area contributed by atoms with Gasteiger partial charge in [0.15, 0.2) is 0 Å². The maximum absolute atomic E-state index is 13.6. The van der Waals surface area contributed by atoms with Crippen LogP contribution < -0.4 is 0 Å². The van der Waals surface area contributed by atoms with Crippen LogP contribution >= 0.6 is 0 Å². The topological polar surface area (TPSA) is 23.8 Å². The van der Waals surface area contributed by atoms with E-state index in [4.69, 9.17) is 5.26 Å². The summed E-state index contributed by atoms with van der Waals surface area (Å²) in [6, 6.07) is 6.95. The molecule has 19 heavy (non-hydrogen) atoms. The van der Waals surface area contributed by atoms with Gasteiger partial charge in [0.05, 0.1) is 5.56 Å². The third-order valence-corrected chi connectivity index (χ3v) is 4.14. The van der Waals surface area contributed by atoms with Crippen LogP contribution in [0.2, 0.25) is 0 Å². The summed E-state index contributed by atoms with van der Waals surface area (Å²) >= 11 is 0. The second kappa shape index (κ2) is 6.52. The minimum Gasteiger partial charge on any atom is -0.206 e. The standard InChI is InChI=1S/C17H20FN/c1-2-3-4-13-5-7-14(8-6-13)15-9-10-16(12-19)17(18)11-15/h2-3,9-11,13-14H,4-8H2,1H3. The lowest BCUT2D eigenvalue weighted by molar-refractivity contribution is 0.328. The first kappa shape index (κ1) is 13.8. The van der Waals surface area contributed by atoms with Gasteiger partial charge in [-0.25, -0.2) is 4.39 Å². The van der Waals surface area contributed by atoms with Crippen LogP contribution in [0.3, 0.4) is 0 Å². The molecule has 0 spiro atoms. The van der Waals surface area contributed by atoms with Gasteiger partial charge in [0, 0.05) is 0 Å². The van der Waals surface area contributed by atoms with Crippen molar-refractivity contribution in [3.8, 4) is 6.07 Å². The average Bonchev–Trinajstić information content (AvgIpc) is 2.45. The molecule has 1 aromatic carbocycles. The highest BCUT2D eigenvalue weighted by molar-refractivity contribution is 5.34. The van der Waals surface area contributed by atoms with Crippen molar-refractivity contribution in [2.24, 2.45) is 5.92 Å². The third-order valence-electron chi connectivity index (χ3n) is 4.14. The zero-order chi connectivity index (χ0) is 13.7. The highest BCUT2D eigenvalue weighted by atomic mass is 19.1. The van der Waals surface area contributed by atoms with Crippen molar-refractivity contribution in [2.45, 2.75) is 44.9 Å². The van der Waals surface area contributed by atoms with Crippen molar-refractivity contribution in [3.63, 3.8) is 0 Å². The van der Waals surface area contributed by atoms with Crippen LogP contribution in [-0.4, -0.2) is 0 Å². The average molecular weight is 257 g/mol. The molecule has 1 aliphatic rings.